The fraction of sp³-hybridized carbons (Fsp3) is 0.778. The van der Waals surface area contributed by atoms with Crippen LogP contribution in [0.3, 0.4) is 0 Å². The Morgan fingerprint density at radius 1 is 1.45 bits per heavy atom. The molecule has 0 amide bonds. The van der Waals surface area contributed by atoms with E-state index in [0.29, 0.717) is 0 Å². The van der Waals surface area contributed by atoms with E-state index in [2.05, 4.69) is 5.92 Å². The number of rotatable bonds is 4. The van der Waals surface area contributed by atoms with Gasteiger partial charge < -0.3 is 9.47 Å². The highest BCUT2D eigenvalue weighted by molar-refractivity contribution is 5.02. The molecule has 0 aliphatic heterocycles. The van der Waals surface area contributed by atoms with Crippen LogP contribution in [-0.4, -0.2) is 18.5 Å². The number of hydrogen-bond donors (Lipinski definition) is 0. The quantitative estimate of drug-likeness (QED) is 0.456. The summed E-state index contributed by atoms with van der Waals surface area (Å²) in [5, 5.41) is 0. The van der Waals surface area contributed by atoms with Gasteiger partial charge in [-0.1, -0.05) is 5.92 Å². The Balaban J connectivity index is 3.48. The Hall–Kier alpha value is -0.520. The maximum Gasteiger partial charge on any atom is 0.149 e. The summed E-state index contributed by atoms with van der Waals surface area (Å²) >= 11 is 0. The smallest absolute Gasteiger partial charge is 0.149 e. The Bertz CT molecular complexity index is 142. The first-order chi connectivity index (χ1) is 4.98. The first kappa shape index (κ1) is 10.5. The summed E-state index contributed by atoms with van der Waals surface area (Å²) in [6, 6.07) is 0. The van der Waals surface area contributed by atoms with Crippen molar-refractivity contribution in [2.24, 2.45) is 0 Å². The SMILES string of the molecule is C#CC(C)(C)OCOC(C)C. The Kier molecular flexibility index (Phi) is 4.17. The minimum Gasteiger partial charge on any atom is -0.353 e. The second-order valence-corrected chi connectivity index (χ2v) is 3.13. The molecule has 64 valence electrons. The molecule has 0 fully saturated rings. The Morgan fingerprint density at radius 2 is 2.00 bits per heavy atom. The van der Waals surface area contributed by atoms with Crippen molar-refractivity contribution in [3.63, 3.8) is 0 Å². The first-order valence-corrected chi connectivity index (χ1v) is 3.71. The lowest BCUT2D eigenvalue weighted by Crippen LogP contribution is -2.24. The molecule has 0 aliphatic carbocycles. The zero-order chi connectivity index (χ0) is 8.91. The summed E-state index contributed by atoms with van der Waals surface area (Å²) < 4.78 is 10.4. The molecule has 0 aromatic rings. The molecule has 0 saturated carbocycles. The molecule has 0 N–H and O–H groups in total. The van der Waals surface area contributed by atoms with Crippen molar-refractivity contribution < 1.29 is 9.47 Å². The predicted octanol–water partition coefficient (Wildman–Crippen LogP) is 1.80. The van der Waals surface area contributed by atoms with E-state index in [1.807, 2.05) is 27.7 Å². The second kappa shape index (κ2) is 4.38. The summed E-state index contributed by atoms with van der Waals surface area (Å²) in [7, 11) is 0. The number of ether oxygens (including phenoxy) is 2. The molecule has 0 rings (SSSR count). The average Bonchev–Trinajstić information content (AvgIpc) is 1.87. The van der Waals surface area contributed by atoms with E-state index in [4.69, 9.17) is 15.9 Å². The molecule has 0 atom stereocenters. The first-order valence-electron chi connectivity index (χ1n) is 3.71. The van der Waals surface area contributed by atoms with Crippen LogP contribution in [0.1, 0.15) is 27.7 Å². The van der Waals surface area contributed by atoms with Crippen LogP contribution in [0.4, 0.5) is 0 Å². The highest BCUT2D eigenvalue weighted by Gasteiger charge is 2.13. The number of hydrogen-bond acceptors (Lipinski definition) is 2. The van der Waals surface area contributed by atoms with Crippen molar-refractivity contribution in [3.8, 4) is 12.3 Å². The summed E-state index contributed by atoms with van der Waals surface area (Å²) in [5.74, 6) is 2.51. The lowest BCUT2D eigenvalue weighted by molar-refractivity contribution is -0.122. The molecular formula is C9H16O2. The monoisotopic (exact) mass is 156 g/mol. The van der Waals surface area contributed by atoms with Crippen LogP contribution in [0.25, 0.3) is 0 Å². The van der Waals surface area contributed by atoms with Crippen LogP contribution in [0.2, 0.25) is 0 Å². The molecule has 2 heteroatoms. The fourth-order valence-electron chi connectivity index (χ4n) is 0.359. The molecule has 0 spiro atoms. The normalized spacial score (nSPS) is 11.6. The summed E-state index contributed by atoms with van der Waals surface area (Å²) in [6.45, 7) is 7.82. The third kappa shape index (κ3) is 5.90. The van der Waals surface area contributed by atoms with E-state index in [1.54, 1.807) is 0 Å². The maximum atomic E-state index is 5.23. The van der Waals surface area contributed by atoms with Gasteiger partial charge in [0.2, 0.25) is 0 Å². The Labute approximate surface area is 68.9 Å². The van der Waals surface area contributed by atoms with Crippen molar-refractivity contribution in [2.45, 2.75) is 39.4 Å². The van der Waals surface area contributed by atoms with E-state index in [-0.39, 0.29) is 12.9 Å². The van der Waals surface area contributed by atoms with Gasteiger partial charge in [0, 0.05) is 0 Å². The third-order valence-corrected chi connectivity index (χ3v) is 1.17. The van der Waals surface area contributed by atoms with E-state index in [9.17, 15) is 0 Å². The minimum atomic E-state index is -0.519. The zero-order valence-corrected chi connectivity index (χ0v) is 7.68. The van der Waals surface area contributed by atoms with E-state index in [0.717, 1.165) is 0 Å². The molecular weight excluding hydrogens is 140 g/mol. The topological polar surface area (TPSA) is 18.5 Å². The van der Waals surface area contributed by atoms with Crippen LogP contribution in [0, 0.1) is 12.3 Å². The van der Waals surface area contributed by atoms with Gasteiger partial charge in [0.25, 0.3) is 0 Å². The van der Waals surface area contributed by atoms with Gasteiger partial charge in [-0.05, 0) is 27.7 Å². The minimum absolute atomic E-state index is 0.184. The van der Waals surface area contributed by atoms with Gasteiger partial charge in [-0.25, -0.2) is 0 Å². The highest BCUT2D eigenvalue weighted by atomic mass is 16.7. The van der Waals surface area contributed by atoms with Gasteiger partial charge >= 0.3 is 0 Å². The van der Waals surface area contributed by atoms with Crippen molar-refractivity contribution in [1.82, 2.24) is 0 Å². The van der Waals surface area contributed by atoms with Gasteiger partial charge in [0.05, 0.1) is 6.10 Å². The van der Waals surface area contributed by atoms with Crippen LogP contribution in [-0.2, 0) is 9.47 Å². The fourth-order valence-corrected chi connectivity index (χ4v) is 0.359. The molecule has 0 heterocycles. The second-order valence-electron chi connectivity index (χ2n) is 3.13. The molecule has 2 nitrogen and oxygen atoms in total. The average molecular weight is 156 g/mol. The zero-order valence-electron chi connectivity index (χ0n) is 7.68. The molecule has 11 heavy (non-hydrogen) atoms. The standard InChI is InChI=1S/C9H16O2/c1-6-9(4,5)11-7-10-8(2)3/h1,8H,7H2,2-5H3. The lowest BCUT2D eigenvalue weighted by atomic mass is 10.2. The molecule has 0 aromatic carbocycles. The molecule has 0 radical (unpaired) electrons. The van der Waals surface area contributed by atoms with Gasteiger partial charge in [0.1, 0.15) is 12.4 Å². The van der Waals surface area contributed by atoms with Crippen molar-refractivity contribution in [1.29, 1.82) is 0 Å². The largest absolute Gasteiger partial charge is 0.353 e. The van der Waals surface area contributed by atoms with Crippen molar-refractivity contribution in [3.05, 3.63) is 0 Å². The van der Waals surface area contributed by atoms with Gasteiger partial charge in [0.15, 0.2) is 0 Å². The van der Waals surface area contributed by atoms with E-state index in [1.165, 1.54) is 0 Å². The predicted molar refractivity (Wildman–Crippen MR) is 45.1 cm³/mol. The Morgan fingerprint density at radius 3 is 2.36 bits per heavy atom. The van der Waals surface area contributed by atoms with Gasteiger partial charge in [-0.2, -0.15) is 0 Å². The summed E-state index contributed by atoms with van der Waals surface area (Å²) in [5.41, 5.74) is -0.519. The lowest BCUT2D eigenvalue weighted by Gasteiger charge is -2.19. The van der Waals surface area contributed by atoms with E-state index < -0.39 is 5.60 Å². The van der Waals surface area contributed by atoms with Crippen LogP contribution in [0.5, 0.6) is 0 Å². The van der Waals surface area contributed by atoms with Crippen LogP contribution >= 0.6 is 0 Å². The molecule has 0 unspecified atom stereocenters. The van der Waals surface area contributed by atoms with E-state index >= 15 is 0 Å². The maximum absolute atomic E-state index is 5.23. The molecule has 0 bridgehead atoms. The summed E-state index contributed by atoms with van der Waals surface area (Å²) in [4.78, 5) is 0. The molecule has 0 aromatic heterocycles. The van der Waals surface area contributed by atoms with Crippen LogP contribution in [0.15, 0.2) is 0 Å². The van der Waals surface area contributed by atoms with Gasteiger partial charge in [-0.3, -0.25) is 0 Å². The highest BCUT2D eigenvalue weighted by Crippen LogP contribution is 2.06. The van der Waals surface area contributed by atoms with Crippen molar-refractivity contribution >= 4 is 0 Å². The van der Waals surface area contributed by atoms with Gasteiger partial charge in [-0.15, -0.1) is 6.42 Å². The van der Waals surface area contributed by atoms with Crippen molar-refractivity contribution in [2.75, 3.05) is 6.79 Å². The number of terminal acetylenes is 1. The molecule has 0 aliphatic rings. The third-order valence-electron chi connectivity index (χ3n) is 1.17. The van der Waals surface area contributed by atoms with Crippen LogP contribution < -0.4 is 0 Å². The molecule has 0 saturated heterocycles. The summed E-state index contributed by atoms with van der Waals surface area (Å²) in [6.07, 6.45) is 5.38.